The van der Waals surface area contributed by atoms with Crippen LogP contribution < -0.4 is 0 Å². The van der Waals surface area contributed by atoms with E-state index in [9.17, 15) is 26.3 Å². The fourth-order valence-corrected chi connectivity index (χ4v) is 0.332. The van der Waals surface area contributed by atoms with Crippen LogP contribution in [0.15, 0.2) is 11.7 Å². The largest absolute Gasteiger partial charge is 0.423 e. The van der Waals surface area contributed by atoms with E-state index < -0.39 is 24.2 Å². The molecule has 0 saturated heterocycles. The quantitative estimate of drug-likeness (QED) is 0.611. The lowest BCUT2D eigenvalue weighted by Gasteiger charge is -2.09. The zero-order valence-corrected chi connectivity index (χ0v) is 4.79. The topological polar surface area (TPSA) is 20.2 Å². The lowest BCUT2D eigenvalue weighted by atomic mass is 10.3. The summed E-state index contributed by atoms with van der Waals surface area (Å²) in [6.07, 6.45) is -12.5. The SMILES string of the molecule is OC(F)C(=C(F)F)C(F)(F)F. The lowest BCUT2D eigenvalue weighted by Crippen LogP contribution is -2.21. The monoisotopic (exact) mass is 180 g/mol. The number of hydrogen-bond donors (Lipinski definition) is 1. The molecule has 11 heavy (non-hydrogen) atoms. The third-order valence-corrected chi connectivity index (χ3v) is 0.747. The van der Waals surface area contributed by atoms with Crippen LogP contribution in [0.2, 0.25) is 0 Å². The molecule has 1 unspecified atom stereocenters. The Morgan fingerprint density at radius 3 is 1.55 bits per heavy atom. The maximum atomic E-state index is 11.4. The minimum absolute atomic E-state index is 2.85. The molecule has 0 aromatic carbocycles. The van der Waals surface area contributed by atoms with Crippen LogP contribution in [0, 0.1) is 0 Å². The Balaban J connectivity index is 4.80. The first-order chi connectivity index (χ1) is 4.76. The molecular weight excluding hydrogens is 178 g/mol. The molecule has 0 aliphatic rings. The van der Waals surface area contributed by atoms with Gasteiger partial charge in [-0.25, -0.2) is 4.39 Å². The molecule has 0 fully saturated rings. The van der Waals surface area contributed by atoms with Crippen LogP contribution in [0.5, 0.6) is 0 Å². The Kier molecular flexibility index (Phi) is 2.92. The minimum atomic E-state index is -5.53. The van der Waals surface area contributed by atoms with E-state index in [1.807, 2.05) is 0 Å². The Morgan fingerprint density at radius 2 is 1.55 bits per heavy atom. The number of rotatable bonds is 1. The summed E-state index contributed by atoms with van der Waals surface area (Å²) in [5, 5.41) is 7.59. The van der Waals surface area contributed by atoms with Gasteiger partial charge in [-0.2, -0.15) is 22.0 Å². The second-order valence-electron chi connectivity index (χ2n) is 1.51. The van der Waals surface area contributed by atoms with Crippen LogP contribution in [0.3, 0.4) is 0 Å². The summed E-state index contributed by atoms with van der Waals surface area (Å²) < 4.78 is 67.7. The predicted molar refractivity (Wildman–Crippen MR) is 22.4 cm³/mol. The number of hydrogen-bond acceptors (Lipinski definition) is 1. The lowest BCUT2D eigenvalue weighted by molar-refractivity contribution is -0.122. The Bertz CT molecular complexity index is 164. The molecule has 0 aliphatic carbocycles. The summed E-state index contributed by atoms with van der Waals surface area (Å²) in [5.74, 6) is 0. The van der Waals surface area contributed by atoms with Crippen LogP contribution in [-0.4, -0.2) is 17.6 Å². The molecule has 1 nitrogen and oxygen atoms in total. The summed E-state index contributed by atoms with van der Waals surface area (Å²) in [7, 11) is 0. The highest BCUT2D eigenvalue weighted by molar-refractivity contribution is 5.11. The maximum Gasteiger partial charge on any atom is 0.423 e. The van der Waals surface area contributed by atoms with E-state index >= 15 is 0 Å². The van der Waals surface area contributed by atoms with Crippen molar-refractivity contribution < 1.29 is 31.4 Å². The van der Waals surface area contributed by atoms with Crippen molar-refractivity contribution in [2.75, 3.05) is 0 Å². The van der Waals surface area contributed by atoms with Crippen LogP contribution in [0.4, 0.5) is 26.3 Å². The second kappa shape index (κ2) is 3.12. The van der Waals surface area contributed by atoms with Gasteiger partial charge in [-0.3, -0.25) is 0 Å². The summed E-state index contributed by atoms with van der Waals surface area (Å²) >= 11 is 0. The second-order valence-corrected chi connectivity index (χ2v) is 1.51. The van der Waals surface area contributed by atoms with E-state index in [0.717, 1.165) is 0 Å². The maximum absolute atomic E-state index is 11.4. The molecule has 66 valence electrons. The minimum Gasteiger partial charge on any atom is -0.360 e. The zero-order chi connectivity index (χ0) is 9.23. The smallest absolute Gasteiger partial charge is 0.360 e. The molecule has 0 radical (unpaired) electrons. The van der Waals surface area contributed by atoms with E-state index in [1.165, 1.54) is 0 Å². The molecular formula is C4H2F6O. The van der Waals surface area contributed by atoms with E-state index in [1.54, 1.807) is 0 Å². The van der Waals surface area contributed by atoms with E-state index in [-0.39, 0.29) is 0 Å². The highest BCUT2D eigenvalue weighted by atomic mass is 19.4. The molecule has 1 N–H and O–H groups in total. The van der Waals surface area contributed by atoms with Crippen molar-refractivity contribution in [2.24, 2.45) is 0 Å². The van der Waals surface area contributed by atoms with Crippen LogP contribution >= 0.6 is 0 Å². The van der Waals surface area contributed by atoms with Gasteiger partial charge in [-0.1, -0.05) is 0 Å². The van der Waals surface area contributed by atoms with Crippen molar-refractivity contribution in [2.45, 2.75) is 12.5 Å². The molecule has 0 aromatic rings. The van der Waals surface area contributed by atoms with Crippen molar-refractivity contribution in [3.05, 3.63) is 11.7 Å². The van der Waals surface area contributed by atoms with Crippen LogP contribution in [0.25, 0.3) is 0 Å². The van der Waals surface area contributed by atoms with Gasteiger partial charge in [0.05, 0.1) is 0 Å². The number of aliphatic hydroxyl groups is 1. The summed E-state index contributed by atoms with van der Waals surface area (Å²) in [6, 6.07) is 0. The van der Waals surface area contributed by atoms with Gasteiger partial charge >= 0.3 is 6.18 Å². The standard InChI is InChI=1S/C4H2F6O/c5-2(6)1(3(7)11)4(8,9)10/h3,11H. The Hall–Kier alpha value is -0.720. The van der Waals surface area contributed by atoms with Crippen molar-refractivity contribution in [3.63, 3.8) is 0 Å². The zero-order valence-electron chi connectivity index (χ0n) is 4.79. The molecule has 7 heteroatoms. The van der Waals surface area contributed by atoms with E-state index in [4.69, 9.17) is 5.11 Å². The summed E-state index contributed by atoms with van der Waals surface area (Å²) in [4.78, 5) is 0. The molecule has 0 rings (SSSR count). The molecule has 1 atom stereocenters. The fraction of sp³-hybridized carbons (Fsp3) is 0.500. The number of alkyl halides is 4. The first-order valence-corrected chi connectivity index (χ1v) is 2.21. The first kappa shape index (κ1) is 10.3. The van der Waals surface area contributed by atoms with Gasteiger partial charge in [0, 0.05) is 0 Å². The predicted octanol–water partition coefficient (Wildman–Crippen LogP) is 1.99. The Labute approximate surface area is 56.9 Å². The summed E-state index contributed by atoms with van der Waals surface area (Å²) in [6.45, 7) is 0. The summed E-state index contributed by atoms with van der Waals surface area (Å²) in [5.41, 5.74) is -2.85. The first-order valence-electron chi connectivity index (χ1n) is 2.21. The van der Waals surface area contributed by atoms with Crippen molar-refractivity contribution in [1.29, 1.82) is 0 Å². The molecule has 0 amide bonds. The third kappa shape index (κ3) is 2.79. The van der Waals surface area contributed by atoms with Gasteiger partial charge in [0.1, 0.15) is 0 Å². The van der Waals surface area contributed by atoms with Gasteiger partial charge in [-0.05, 0) is 0 Å². The third-order valence-electron chi connectivity index (χ3n) is 0.747. The van der Waals surface area contributed by atoms with Crippen LogP contribution in [-0.2, 0) is 0 Å². The Morgan fingerprint density at radius 1 is 1.18 bits per heavy atom. The molecule has 0 bridgehead atoms. The van der Waals surface area contributed by atoms with Gasteiger partial charge in [0.15, 0.2) is 5.57 Å². The van der Waals surface area contributed by atoms with Crippen molar-refractivity contribution in [3.8, 4) is 0 Å². The van der Waals surface area contributed by atoms with Crippen molar-refractivity contribution >= 4 is 0 Å². The normalized spacial score (nSPS) is 14.5. The van der Waals surface area contributed by atoms with Gasteiger partial charge in [0.2, 0.25) is 6.36 Å². The highest BCUT2D eigenvalue weighted by Crippen LogP contribution is 2.32. The number of aliphatic hydroxyl groups excluding tert-OH is 1. The molecule has 0 spiro atoms. The van der Waals surface area contributed by atoms with E-state index in [2.05, 4.69) is 0 Å². The molecule has 0 saturated carbocycles. The van der Waals surface area contributed by atoms with Crippen molar-refractivity contribution in [1.82, 2.24) is 0 Å². The van der Waals surface area contributed by atoms with Crippen LogP contribution in [0.1, 0.15) is 0 Å². The fourth-order valence-electron chi connectivity index (χ4n) is 0.332. The average molecular weight is 180 g/mol. The highest BCUT2D eigenvalue weighted by Gasteiger charge is 2.42. The van der Waals surface area contributed by atoms with Gasteiger partial charge in [0.25, 0.3) is 6.08 Å². The number of halogens is 6. The molecule has 0 heterocycles. The molecule has 0 aliphatic heterocycles. The average Bonchev–Trinajstić information content (AvgIpc) is 1.54. The van der Waals surface area contributed by atoms with Gasteiger partial charge < -0.3 is 5.11 Å². The molecule has 0 aromatic heterocycles. The van der Waals surface area contributed by atoms with E-state index in [0.29, 0.717) is 0 Å². The van der Waals surface area contributed by atoms with Gasteiger partial charge in [-0.15, -0.1) is 0 Å².